The minimum Gasteiger partial charge on any atom is -0.479 e. The van der Waals surface area contributed by atoms with Crippen molar-refractivity contribution in [1.29, 1.82) is 0 Å². The second-order valence-corrected chi connectivity index (χ2v) is 5.61. The van der Waals surface area contributed by atoms with Gasteiger partial charge in [-0.2, -0.15) is 0 Å². The van der Waals surface area contributed by atoms with Crippen LogP contribution in [0.1, 0.15) is 22.6 Å². The van der Waals surface area contributed by atoms with Crippen LogP contribution in [0.5, 0.6) is 0 Å². The molecule has 5 nitrogen and oxygen atoms in total. The number of carbonyl (C=O) groups excluding carboxylic acids is 1. The number of thiophene rings is 1. The summed E-state index contributed by atoms with van der Waals surface area (Å²) in [5, 5.41) is 11.3. The summed E-state index contributed by atoms with van der Waals surface area (Å²) in [5.74, 6) is -1.21. The summed E-state index contributed by atoms with van der Waals surface area (Å²) in [6.07, 6.45) is 1.05. The molecule has 1 amide bonds. The van der Waals surface area contributed by atoms with Gasteiger partial charge in [0.2, 0.25) is 5.91 Å². The summed E-state index contributed by atoms with van der Waals surface area (Å²) in [6, 6.07) is 4.14. The number of hydrogen-bond acceptors (Lipinski definition) is 4. The third kappa shape index (κ3) is 5.85. The van der Waals surface area contributed by atoms with E-state index in [1.807, 2.05) is 0 Å². The topological polar surface area (TPSA) is 75.6 Å². The fourth-order valence-corrected chi connectivity index (χ4v) is 2.54. The molecule has 1 aromatic heterocycles. The minimum absolute atomic E-state index is 0.00275. The summed E-state index contributed by atoms with van der Waals surface area (Å²) in [4.78, 5) is 24.7. The highest BCUT2D eigenvalue weighted by Crippen LogP contribution is 2.17. The van der Waals surface area contributed by atoms with Crippen LogP contribution in [0, 0.1) is 6.92 Å². The van der Waals surface area contributed by atoms with Crippen molar-refractivity contribution in [2.45, 2.75) is 32.3 Å². The Hall–Kier alpha value is -1.40. The van der Waals surface area contributed by atoms with Crippen LogP contribution in [0.2, 0.25) is 0 Å². The van der Waals surface area contributed by atoms with Crippen LogP contribution < -0.4 is 5.32 Å². The van der Waals surface area contributed by atoms with E-state index in [0.29, 0.717) is 6.42 Å². The molecule has 0 saturated heterocycles. The van der Waals surface area contributed by atoms with Crippen molar-refractivity contribution in [3.05, 3.63) is 21.9 Å². The van der Waals surface area contributed by atoms with Crippen molar-refractivity contribution < 1.29 is 19.4 Å². The first kappa shape index (κ1) is 15.7. The molecule has 0 bridgehead atoms. The maximum atomic E-state index is 11.5. The van der Waals surface area contributed by atoms with E-state index in [9.17, 15) is 9.59 Å². The van der Waals surface area contributed by atoms with Gasteiger partial charge >= 0.3 is 5.97 Å². The zero-order valence-corrected chi connectivity index (χ0v) is 12.0. The molecule has 6 heteroatoms. The Morgan fingerprint density at radius 3 is 2.74 bits per heavy atom. The van der Waals surface area contributed by atoms with E-state index < -0.39 is 12.1 Å². The van der Waals surface area contributed by atoms with Crippen LogP contribution in [0.3, 0.4) is 0 Å². The summed E-state index contributed by atoms with van der Waals surface area (Å²) in [6.45, 7) is 2.06. The van der Waals surface area contributed by atoms with E-state index in [1.165, 1.54) is 16.9 Å². The number of methoxy groups -OCH3 is 1. The largest absolute Gasteiger partial charge is 0.479 e. The Morgan fingerprint density at radius 1 is 1.47 bits per heavy atom. The van der Waals surface area contributed by atoms with Crippen LogP contribution in [0.4, 0.5) is 0 Å². The van der Waals surface area contributed by atoms with Gasteiger partial charge in [-0.25, -0.2) is 4.79 Å². The van der Waals surface area contributed by atoms with Gasteiger partial charge in [0.15, 0.2) is 6.10 Å². The van der Waals surface area contributed by atoms with Gasteiger partial charge in [0.05, 0.1) is 6.54 Å². The number of carboxylic acid groups (broad SMARTS) is 1. The predicted molar refractivity (Wildman–Crippen MR) is 73.4 cm³/mol. The second-order valence-electron chi connectivity index (χ2n) is 4.23. The van der Waals surface area contributed by atoms with Gasteiger partial charge in [0, 0.05) is 23.3 Å². The maximum absolute atomic E-state index is 11.5. The lowest BCUT2D eigenvalue weighted by atomic mass is 10.2. The molecular formula is C13H19NO4S. The van der Waals surface area contributed by atoms with Crippen molar-refractivity contribution in [2.24, 2.45) is 0 Å². The normalized spacial score (nSPS) is 12.1. The first-order chi connectivity index (χ1) is 9.02. The zero-order chi connectivity index (χ0) is 14.3. The molecular weight excluding hydrogens is 266 g/mol. The number of carboxylic acids is 1. The molecule has 0 aliphatic heterocycles. The van der Waals surface area contributed by atoms with Crippen LogP contribution in [-0.2, 0) is 20.7 Å². The van der Waals surface area contributed by atoms with Gasteiger partial charge in [-0.1, -0.05) is 0 Å². The highest BCUT2D eigenvalue weighted by Gasteiger charge is 2.16. The summed E-state index contributed by atoms with van der Waals surface area (Å²) in [7, 11) is 1.31. The zero-order valence-electron chi connectivity index (χ0n) is 11.1. The van der Waals surface area contributed by atoms with Gasteiger partial charge in [-0.3, -0.25) is 4.79 Å². The summed E-state index contributed by atoms with van der Waals surface area (Å²) < 4.78 is 4.73. The van der Waals surface area contributed by atoms with Crippen LogP contribution >= 0.6 is 11.3 Å². The Bertz CT molecular complexity index is 430. The van der Waals surface area contributed by atoms with Crippen molar-refractivity contribution in [3.63, 3.8) is 0 Å². The number of aliphatic carboxylic acids is 1. The second kappa shape index (κ2) is 7.91. The number of carbonyl (C=O) groups is 2. The Morgan fingerprint density at radius 2 is 2.21 bits per heavy atom. The van der Waals surface area contributed by atoms with Crippen molar-refractivity contribution >= 4 is 23.2 Å². The third-order valence-electron chi connectivity index (χ3n) is 2.67. The van der Waals surface area contributed by atoms with E-state index in [2.05, 4.69) is 24.4 Å². The number of ether oxygens (including phenoxy) is 1. The molecule has 0 aliphatic carbocycles. The standard InChI is InChI=1S/C13H19NO4S/c1-9-6-7-10(19-9)4-3-5-12(15)14-8-11(18-2)13(16)17/h6-7,11H,3-5,8H2,1-2H3,(H,14,15)(H,16,17). The van der Waals surface area contributed by atoms with E-state index >= 15 is 0 Å². The molecule has 0 spiro atoms. The lowest BCUT2D eigenvalue weighted by molar-refractivity contribution is -0.148. The molecule has 19 heavy (non-hydrogen) atoms. The molecule has 0 fully saturated rings. The molecule has 1 unspecified atom stereocenters. The molecule has 1 aromatic rings. The minimum atomic E-state index is -1.07. The van der Waals surface area contributed by atoms with Gasteiger partial charge in [-0.15, -0.1) is 11.3 Å². The van der Waals surface area contributed by atoms with Gasteiger partial charge in [-0.05, 0) is 31.9 Å². The van der Waals surface area contributed by atoms with Crippen LogP contribution in [0.15, 0.2) is 12.1 Å². The first-order valence-electron chi connectivity index (χ1n) is 6.10. The van der Waals surface area contributed by atoms with Crippen LogP contribution in [-0.4, -0.2) is 36.7 Å². The Kier molecular flexibility index (Phi) is 6.52. The number of nitrogens with one attached hydrogen (secondary N) is 1. The summed E-state index contributed by atoms with van der Waals surface area (Å²) >= 11 is 1.74. The van der Waals surface area contributed by atoms with E-state index in [-0.39, 0.29) is 12.5 Å². The van der Waals surface area contributed by atoms with Gasteiger partial charge < -0.3 is 15.2 Å². The molecule has 1 atom stereocenters. The number of aryl methyl sites for hydroxylation is 2. The smallest absolute Gasteiger partial charge is 0.334 e. The highest BCUT2D eigenvalue weighted by molar-refractivity contribution is 7.11. The SMILES string of the molecule is COC(CNC(=O)CCCc1ccc(C)s1)C(=O)O. The third-order valence-corrected chi connectivity index (χ3v) is 3.73. The Balaban J connectivity index is 2.19. The van der Waals surface area contributed by atoms with E-state index in [4.69, 9.17) is 9.84 Å². The number of hydrogen-bond donors (Lipinski definition) is 2. The molecule has 2 N–H and O–H groups in total. The van der Waals surface area contributed by atoms with Crippen molar-refractivity contribution in [3.8, 4) is 0 Å². The maximum Gasteiger partial charge on any atom is 0.334 e. The average Bonchev–Trinajstić information content (AvgIpc) is 2.75. The number of amides is 1. The average molecular weight is 285 g/mol. The van der Waals surface area contributed by atoms with E-state index in [1.54, 1.807) is 11.3 Å². The Labute approximate surface area is 116 Å². The predicted octanol–water partition coefficient (Wildman–Crippen LogP) is 1.60. The van der Waals surface area contributed by atoms with Gasteiger partial charge in [0.25, 0.3) is 0 Å². The van der Waals surface area contributed by atoms with Crippen LogP contribution in [0.25, 0.3) is 0 Å². The fourth-order valence-electron chi connectivity index (χ4n) is 1.61. The lowest BCUT2D eigenvalue weighted by Gasteiger charge is -2.11. The molecule has 0 saturated carbocycles. The fraction of sp³-hybridized carbons (Fsp3) is 0.538. The lowest BCUT2D eigenvalue weighted by Crippen LogP contribution is -2.37. The van der Waals surface area contributed by atoms with E-state index in [0.717, 1.165) is 12.8 Å². The molecule has 0 aromatic carbocycles. The molecule has 106 valence electrons. The van der Waals surface area contributed by atoms with Crippen molar-refractivity contribution in [2.75, 3.05) is 13.7 Å². The summed E-state index contributed by atoms with van der Waals surface area (Å²) in [5.41, 5.74) is 0. The highest BCUT2D eigenvalue weighted by atomic mass is 32.1. The molecule has 0 aliphatic rings. The quantitative estimate of drug-likeness (QED) is 0.760. The molecule has 1 heterocycles. The monoisotopic (exact) mass is 285 g/mol. The molecule has 1 rings (SSSR count). The molecule has 0 radical (unpaired) electrons. The number of rotatable bonds is 8. The van der Waals surface area contributed by atoms with Gasteiger partial charge in [0.1, 0.15) is 0 Å². The van der Waals surface area contributed by atoms with Crippen molar-refractivity contribution in [1.82, 2.24) is 5.32 Å². The first-order valence-corrected chi connectivity index (χ1v) is 6.92.